The van der Waals surface area contributed by atoms with E-state index in [-0.39, 0.29) is 0 Å². The molecular weight excluding hydrogens is 246 g/mol. The topological polar surface area (TPSA) is 51.8 Å². The van der Waals surface area contributed by atoms with Gasteiger partial charge in [0.15, 0.2) is 5.82 Å². The standard InChI is InChI=1S/C17H15N3/c1-12-11-19-17(20-16(12)18)15-10-6-5-9-14(15)13-7-3-2-4-8-13/h2-11H,1H3,(H2,18,19,20). The molecule has 0 radical (unpaired) electrons. The predicted octanol–water partition coefficient (Wildman–Crippen LogP) is 3.70. The first-order chi connectivity index (χ1) is 9.75. The Kier molecular flexibility index (Phi) is 3.17. The molecular formula is C17H15N3. The Labute approximate surface area is 118 Å². The number of anilines is 1. The van der Waals surface area contributed by atoms with Crippen LogP contribution in [0.4, 0.5) is 5.82 Å². The molecule has 0 unspecified atom stereocenters. The number of aryl methyl sites for hydroxylation is 1. The normalized spacial score (nSPS) is 10.4. The van der Waals surface area contributed by atoms with Crippen LogP contribution < -0.4 is 5.73 Å². The number of nitrogen functional groups attached to an aromatic ring is 1. The smallest absolute Gasteiger partial charge is 0.162 e. The zero-order chi connectivity index (χ0) is 13.9. The summed E-state index contributed by atoms with van der Waals surface area (Å²) in [5.41, 5.74) is 10.0. The lowest BCUT2D eigenvalue weighted by atomic mass is 9.99. The van der Waals surface area contributed by atoms with Crippen LogP contribution in [0.2, 0.25) is 0 Å². The van der Waals surface area contributed by atoms with Crippen molar-refractivity contribution in [2.75, 3.05) is 5.73 Å². The van der Waals surface area contributed by atoms with Crippen molar-refractivity contribution < 1.29 is 0 Å². The van der Waals surface area contributed by atoms with E-state index in [1.54, 1.807) is 6.20 Å². The Morgan fingerprint density at radius 2 is 1.50 bits per heavy atom. The van der Waals surface area contributed by atoms with E-state index in [1.807, 2.05) is 43.3 Å². The fourth-order valence-corrected chi connectivity index (χ4v) is 2.13. The Morgan fingerprint density at radius 3 is 2.20 bits per heavy atom. The average Bonchev–Trinajstić information content (AvgIpc) is 2.51. The molecule has 1 heterocycles. The molecule has 0 amide bonds. The SMILES string of the molecule is Cc1cnc(-c2ccccc2-c2ccccc2)nc1N. The largest absolute Gasteiger partial charge is 0.383 e. The number of nitrogens with two attached hydrogens (primary N) is 1. The molecule has 1 aromatic heterocycles. The Balaban J connectivity index is 2.17. The van der Waals surface area contributed by atoms with E-state index in [0.29, 0.717) is 11.6 Å². The van der Waals surface area contributed by atoms with Crippen molar-refractivity contribution in [1.82, 2.24) is 9.97 Å². The predicted molar refractivity (Wildman–Crippen MR) is 82.1 cm³/mol. The minimum Gasteiger partial charge on any atom is -0.383 e. The lowest BCUT2D eigenvalue weighted by molar-refractivity contribution is 1.15. The lowest BCUT2D eigenvalue weighted by Gasteiger charge is -2.09. The highest BCUT2D eigenvalue weighted by Crippen LogP contribution is 2.30. The van der Waals surface area contributed by atoms with Crippen LogP contribution >= 0.6 is 0 Å². The van der Waals surface area contributed by atoms with Crippen molar-refractivity contribution in [3.8, 4) is 22.5 Å². The summed E-state index contributed by atoms with van der Waals surface area (Å²) in [7, 11) is 0. The number of benzene rings is 2. The molecule has 98 valence electrons. The van der Waals surface area contributed by atoms with E-state index in [4.69, 9.17) is 5.73 Å². The fraction of sp³-hybridized carbons (Fsp3) is 0.0588. The first-order valence-corrected chi connectivity index (χ1v) is 6.49. The van der Waals surface area contributed by atoms with E-state index in [9.17, 15) is 0 Å². The summed E-state index contributed by atoms with van der Waals surface area (Å²) < 4.78 is 0. The molecule has 3 rings (SSSR count). The third-order valence-corrected chi connectivity index (χ3v) is 3.26. The van der Waals surface area contributed by atoms with E-state index >= 15 is 0 Å². The minimum absolute atomic E-state index is 0.526. The molecule has 2 N–H and O–H groups in total. The molecule has 0 bridgehead atoms. The zero-order valence-electron chi connectivity index (χ0n) is 11.2. The number of hydrogen-bond donors (Lipinski definition) is 1. The number of hydrogen-bond acceptors (Lipinski definition) is 3. The summed E-state index contributed by atoms with van der Waals surface area (Å²) in [6, 6.07) is 18.3. The third-order valence-electron chi connectivity index (χ3n) is 3.26. The van der Waals surface area contributed by atoms with Gasteiger partial charge in [-0.15, -0.1) is 0 Å². The highest BCUT2D eigenvalue weighted by atomic mass is 14.9. The minimum atomic E-state index is 0.526. The molecule has 0 atom stereocenters. The van der Waals surface area contributed by atoms with Crippen LogP contribution in [-0.2, 0) is 0 Å². The average molecular weight is 261 g/mol. The van der Waals surface area contributed by atoms with Gasteiger partial charge < -0.3 is 5.73 Å². The molecule has 0 aliphatic rings. The number of aromatic nitrogens is 2. The van der Waals surface area contributed by atoms with E-state index < -0.39 is 0 Å². The molecule has 0 aliphatic heterocycles. The Hall–Kier alpha value is -2.68. The number of nitrogens with zero attached hydrogens (tertiary/aromatic N) is 2. The molecule has 3 nitrogen and oxygen atoms in total. The van der Waals surface area contributed by atoms with Gasteiger partial charge in [0.1, 0.15) is 5.82 Å². The van der Waals surface area contributed by atoms with Crippen molar-refractivity contribution in [3.63, 3.8) is 0 Å². The third kappa shape index (κ3) is 2.26. The van der Waals surface area contributed by atoms with Crippen molar-refractivity contribution in [2.45, 2.75) is 6.92 Å². The van der Waals surface area contributed by atoms with Gasteiger partial charge >= 0.3 is 0 Å². The van der Waals surface area contributed by atoms with Crippen molar-refractivity contribution >= 4 is 5.82 Å². The van der Waals surface area contributed by atoms with Crippen molar-refractivity contribution in [1.29, 1.82) is 0 Å². The van der Waals surface area contributed by atoms with Gasteiger partial charge in [-0.2, -0.15) is 0 Å². The Morgan fingerprint density at radius 1 is 0.850 bits per heavy atom. The zero-order valence-corrected chi connectivity index (χ0v) is 11.2. The molecule has 2 aromatic carbocycles. The van der Waals surface area contributed by atoms with Crippen LogP contribution in [0.15, 0.2) is 60.8 Å². The van der Waals surface area contributed by atoms with Gasteiger partial charge in [0.05, 0.1) is 0 Å². The molecule has 20 heavy (non-hydrogen) atoms. The fourth-order valence-electron chi connectivity index (χ4n) is 2.13. The van der Waals surface area contributed by atoms with Crippen molar-refractivity contribution in [2.24, 2.45) is 0 Å². The molecule has 0 aliphatic carbocycles. The maximum absolute atomic E-state index is 5.90. The monoisotopic (exact) mass is 261 g/mol. The molecule has 0 saturated carbocycles. The second kappa shape index (κ2) is 5.13. The van der Waals surface area contributed by atoms with E-state index in [1.165, 1.54) is 0 Å². The van der Waals surface area contributed by atoms with E-state index in [0.717, 1.165) is 22.3 Å². The van der Waals surface area contributed by atoms with Crippen molar-refractivity contribution in [3.05, 3.63) is 66.4 Å². The van der Waals surface area contributed by atoms with Gasteiger partial charge in [0, 0.05) is 17.3 Å². The second-order valence-electron chi connectivity index (χ2n) is 4.67. The van der Waals surface area contributed by atoms with Gasteiger partial charge in [-0.3, -0.25) is 0 Å². The quantitative estimate of drug-likeness (QED) is 0.765. The first kappa shape index (κ1) is 12.4. The molecule has 0 fully saturated rings. The van der Waals surface area contributed by atoms with Crippen LogP contribution in [-0.4, -0.2) is 9.97 Å². The lowest BCUT2D eigenvalue weighted by Crippen LogP contribution is -1.99. The molecule has 0 saturated heterocycles. The van der Waals surface area contributed by atoms with Crippen LogP contribution in [0.3, 0.4) is 0 Å². The molecule has 0 spiro atoms. The summed E-state index contributed by atoms with van der Waals surface area (Å²) in [6.07, 6.45) is 1.76. The van der Waals surface area contributed by atoms with Gasteiger partial charge in [0.25, 0.3) is 0 Å². The number of rotatable bonds is 2. The summed E-state index contributed by atoms with van der Waals surface area (Å²) in [4.78, 5) is 8.80. The summed E-state index contributed by atoms with van der Waals surface area (Å²) in [5, 5.41) is 0. The first-order valence-electron chi connectivity index (χ1n) is 6.49. The maximum atomic E-state index is 5.90. The highest BCUT2D eigenvalue weighted by molar-refractivity contribution is 5.80. The summed E-state index contributed by atoms with van der Waals surface area (Å²) in [5.74, 6) is 1.19. The molecule has 3 heteroatoms. The summed E-state index contributed by atoms with van der Waals surface area (Å²) in [6.45, 7) is 1.90. The van der Waals surface area contributed by atoms with Gasteiger partial charge in [-0.05, 0) is 18.1 Å². The van der Waals surface area contributed by atoms with E-state index in [2.05, 4.69) is 28.2 Å². The van der Waals surface area contributed by atoms with Gasteiger partial charge in [-0.25, -0.2) is 9.97 Å². The van der Waals surface area contributed by atoms with Crippen LogP contribution in [0.5, 0.6) is 0 Å². The van der Waals surface area contributed by atoms with Gasteiger partial charge in [-0.1, -0.05) is 54.6 Å². The highest BCUT2D eigenvalue weighted by Gasteiger charge is 2.10. The molecule has 3 aromatic rings. The Bertz CT molecular complexity index is 736. The van der Waals surface area contributed by atoms with Crippen LogP contribution in [0.1, 0.15) is 5.56 Å². The summed E-state index contributed by atoms with van der Waals surface area (Å²) >= 11 is 0. The van der Waals surface area contributed by atoms with Crippen LogP contribution in [0, 0.1) is 6.92 Å². The van der Waals surface area contributed by atoms with Crippen LogP contribution in [0.25, 0.3) is 22.5 Å². The second-order valence-corrected chi connectivity index (χ2v) is 4.67. The van der Waals surface area contributed by atoms with Gasteiger partial charge in [0.2, 0.25) is 0 Å². The maximum Gasteiger partial charge on any atom is 0.162 e.